The second-order valence-corrected chi connectivity index (χ2v) is 31.2. The molecule has 0 spiro atoms. The van der Waals surface area contributed by atoms with E-state index in [2.05, 4.69) is 20.8 Å². The van der Waals surface area contributed by atoms with E-state index in [9.17, 15) is 14.4 Å². The molecule has 0 aliphatic heterocycles. The number of rotatable bonds is 82. The van der Waals surface area contributed by atoms with E-state index in [4.69, 9.17) is 30.6 Å². The highest BCUT2D eigenvalue weighted by atomic mass is 16.4. The van der Waals surface area contributed by atoms with E-state index in [0.29, 0.717) is 25.7 Å². The van der Waals surface area contributed by atoms with Gasteiger partial charge in [-0.25, -0.2) is 0 Å². The number of unbranched alkanes of at least 4 members (excludes halogenated alkanes) is 72. The number of aliphatic hydroxyl groups is 3. The number of hydrogen-bond donors (Lipinski definition) is 6. The summed E-state index contributed by atoms with van der Waals surface area (Å²) in [5, 5.41) is 51.8. The van der Waals surface area contributed by atoms with Gasteiger partial charge in [0.25, 0.3) is 0 Å². The topological polar surface area (TPSA) is 173 Å². The zero-order valence-electron chi connectivity index (χ0n) is 67.9. The number of carboxylic acids is 3. The molecule has 0 heterocycles. The predicted molar refractivity (Wildman–Crippen MR) is 434 cm³/mol. The Morgan fingerprint density at radius 2 is 0.263 bits per heavy atom. The molecule has 596 valence electrons. The molecule has 0 bridgehead atoms. The number of carboxylic acid groups (broad SMARTS) is 3. The molecule has 0 aromatic heterocycles. The number of carbonyl (C=O) groups is 3. The fourth-order valence-electron chi connectivity index (χ4n) is 13.7. The Labute approximate surface area is 619 Å². The van der Waals surface area contributed by atoms with Crippen LogP contribution in [-0.2, 0) is 14.4 Å². The third-order valence-corrected chi connectivity index (χ3v) is 21.2. The fraction of sp³-hybridized carbons (Fsp3) is 0.967. The summed E-state index contributed by atoms with van der Waals surface area (Å²) >= 11 is 0. The van der Waals surface area contributed by atoms with Crippen LogP contribution in [0.1, 0.15) is 535 Å². The lowest BCUT2D eigenvalue weighted by Crippen LogP contribution is -2.32. The maximum absolute atomic E-state index is 10.4. The molecule has 0 unspecified atom stereocenters. The summed E-state index contributed by atoms with van der Waals surface area (Å²) in [7, 11) is 0. The van der Waals surface area contributed by atoms with Gasteiger partial charge in [-0.2, -0.15) is 0 Å². The van der Waals surface area contributed by atoms with E-state index >= 15 is 0 Å². The second-order valence-electron chi connectivity index (χ2n) is 31.2. The van der Waals surface area contributed by atoms with Gasteiger partial charge in [-0.1, -0.05) is 490 Å². The molecule has 0 rings (SSSR count). The van der Waals surface area contributed by atoms with Gasteiger partial charge < -0.3 is 30.6 Å². The van der Waals surface area contributed by atoms with E-state index in [1.165, 1.54) is 443 Å². The SMILES string of the molecule is CCC(CO)(CO)CO.CCCCCCCCCCCCCCCCCCCCCCCCCCCC(=O)O.CCCCCCCCCCCCCCCCCCCCCCCCCCCC(=O)O.CCCCCCCCCCCCCCCCCCCCCCCCCCCC(=O)O. The number of aliphatic carboxylic acids is 3. The minimum absolute atomic E-state index is 0.156. The van der Waals surface area contributed by atoms with Gasteiger partial charge in [-0.3, -0.25) is 14.4 Å². The van der Waals surface area contributed by atoms with Crippen LogP contribution in [0.25, 0.3) is 0 Å². The summed E-state index contributed by atoms with van der Waals surface area (Å²) < 4.78 is 0. The van der Waals surface area contributed by atoms with Crippen molar-refractivity contribution in [3.05, 3.63) is 0 Å². The zero-order valence-corrected chi connectivity index (χ0v) is 67.9. The molecule has 0 saturated carbocycles. The Kier molecular flexibility index (Phi) is 101. The average Bonchev–Trinajstić information content (AvgIpc) is 1.08. The molecule has 0 aromatic rings. The zero-order chi connectivity index (χ0) is 73.2. The van der Waals surface area contributed by atoms with Crippen LogP contribution in [0.4, 0.5) is 0 Å². The van der Waals surface area contributed by atoms with E-state index in [-0.39, 0.29) is 19.8 Å². The van der Waals surface area contributed by atoms with E-state index in [1.807, 2.05) is 6.92 Å². The van der Waals surface area contributed by atoms with Gasteiger partial charge in [0.05, 0.1) is 19.8 Å². The van der Waals surface area contributed by atoms with Crippen LogP contribution in [0.3, 0.4) is 0 Å². The standard InChI is InChI=1S/3C28H56O2.C6H14O3/c3*1-2-3-4-5-6-7-8-9-10-11-12-13-14-15-16-17-18-19-20-21-22-23-24-25-26-27-28(29)30;1-2-6(3-7,4-8)5-9/h3*2-27H2,1H3,(H,29,30);7-9H,2-5H2,1H3. The number of hydrogen-bond acceptors (Lipinski definition) is 6. The van der Waals surface area contributed by atoms with Crippen molar-refractivity contribution in [3.63, 3.8) is 0 Å². The molecule has 9 heteroatoms. The lowest BCUT2D eigenvalue weighted by molar-refractivity contribution is -0.138. The Hall–Kier alpha value is -1.71. The molecule has 0 amide bonds. The van der Waals surface area contributed by atoms with Crippen LogP contribution >= 0.6 is 0 Å². The molecule has 9 nitrogen and oxygen atoms in total. The third kappa shape index (κ3) is 103. The summed E-state index contributed by atoms with van der Waals surface area (Å²) in [5.74, 6) is -1.95. The lowest BCUT2D eigenvalue weighted by atomic mass is 9.88. The van der Waals surface area contributed by atoms with Gasteiger partial charge in [0, 0.05) is 24.7 Å². The maximum Gasteiger partial charge on any atom is 0.303 e. The van der Waals surface area contributed by atoms with Crippen LogP contribution in [0, 0.1) is 5.41 Å². The normalized spacial score (nSPS) is 11.3. The molecule has 6 N–H and O–H groups in total. The summed E-state index contributed by atoms with van der Waals surface area (Å²) in [6.07, 6.45) is 106. The molecule has 0 radical (unpaired) electrons. The first-order chi connectivity index (χ1) is 48.6. The van der Waals surface area contributed by atoms with Crippen molar-refractivity contribution in [2.75, 3.05) is 19.8 Å². The summed E-state index contributed by atoms with van der Waals surface area (Å²) in [6, 6.07) is 0. The van der Waals surface area contributed by atoms with E-state index in [1.54, 1.807) is 0 Å². The molecule has 0 saturated heterocycles. The van der Waals surface area contributed by atoms with Gasteiger partial charge in [0.1, 0.15) is 0 Å². The lowest BCUT2D eigenvalue weighted by Gasteiger charge is -2.24. The molecule has 99 heavy (non-hydrogen) atoms. The fourth-order valence-corrected chi connectivity index (χ4v) is 13.7. The van der Waals surface area contributed by atoms with Crippen LogP contribution < -0.4 is 0 Å². The van der Waals surface area contributed by atoms with Gasteiger partial charge in [-0.05, 0) is 25.7 Å². The largest absolute Gasteiger partial charge is 0.481 e. The van der Waals surface area contributed by atoms with E-state index in [0.717, 1.165) is 38.5 Å². The molecule has 0 fully saturated rings. The second kappa shape index (κ2) is 96.3. The van der Waals surface area contributed by atoms with Gasteiger partial charge in [0.2, 0.25) is 0 Å². The van der Waals surface area contributed by atoms with Crippen LogP contribution in [-0.4, -0.2) is 68.4 Å². The first-order valence-electron chi connectivity index (χ1n) is 45.0. The Morgan fingerprint density at radius 1 is 0.172 bits per heavy atom. The van der Waals surface area contributed by atoms with Crippen molar-refractivity contribution < 1.29 is 45.0 Å². The minimum Gasteiger partial charge on any atom is -0.481 e. The van der Waals surface area contributed by atoms with Crippen molar-refractivity contribution in [2.45, 2.75) is 535 Å². The summed E-state index contributed by atoms with van der Waals surface area (Å²) in [5.41, 5.74) is -0.667. The Balaban J connectivity index is -0.000000641. The highest BCUT2D eigenvalue weighted by molar-refractivity contribution is 5.67. The van der Waals surface area contributed by atoms with Gasteiger partial charge >= 0.3 is 17.9 Å². The van der Waals surface area contributed by atoms with Crippen LogP contribution in [0.15, 0.2) is 0 Å². The molecular formula is C90H182O9. The molecule has 0 aliphatic rings. The van der Waals surface area contributed by atoms with Crippen molar-refractivity contribution in [2.24, 2.45) is 5.41 Å². The molecular weight excluding hydrogens is 1220 g/mol. The quantitative estimate of drug-likeness (QED) is 0.0324. The van der Waals surface area contributed by atoms with Gasteiger partial charge in [-0.15, -0.1) is 0 Å². The maximum atomic E-state index is 10.4. The summed E-state index contributed by atoms with van der Waals surface area (Å²) in [6.45, 7) is 8.24. The monoisotopic (exact) mass is 1410 g/mol. The van der Waals surface area contributed by atoms with Crippen LogP contribution in [0.5, 0.6) is 0 Å². The average molecular weight is 1410 g/mol. The first-order valence-corrected chi connectivity index (χ1v) is 45.0. The highest BCUT2D eigenvalue weighted by Crippen LogP contribution is 2.22. The van der Waals surface area contributed by atoms with E-state index < -0.39 is 23.3 Å². The van der Waals surface area contributed by atoms with Crippen LogP contribution in [0.2, 0.25) is 0 Å². The first kappa shape index (κ1) is 104. The Bertz CT molecular complexity index is 1280. The molecule has 0 aromatic carbocycles. The van der Waals surface area contributed by atoms with Crippen molar-refractivity contribution in [1.29, 1.82) is 0 Å². The van der Waals surface area contributed by atoms with Crippen molar-refractivity contribution in [1.82, 2.24) is 0 Å². The predicted octanol–water partition coefficient (Wildman–Crippen LogP) is 30.1. The summed E-state index contributed by atoms with van der Waals surface area (Å²) in [4.78, 5) is 31.3. The molecule has 0 atom stereocenters. The number of aliphatic hydroxyl groups excluding tert-OH is 3. The smallest absolute Gasteiger partial charge is 0.303 e. The third-order valence-electron chi connectivity index (χ3n) is 21.2. The van der Waals surface area contributed by atoms with Crippen molar-refractivity contribution in [3.8, 4) is 0 Å². The minimum atomic E-state index is -0.667. The highest BCUT2D eigenvalue weighted by Gasteiger charge is 2.25. The molecule has 0 aliphatic carbocycles. The Morgan fingerprint density at radius 3 is 0.323 bits per heavy atom. The van der Waals surface area contributed by atoms with Gasteiger partial charge in [0.15, 0.2) is 0 Å². The van der Waals surface area contributed by atoms with Crippen molar-refractivity contribution >= 4 is 17.9 Å².